The maximum atomic E-state index is 12.9. The van der Waals surface area contributed by atoms with Crippen LogP contribution in [0.2, 0.25) is 0 Å². The smallest absolute Gasteiger partial charge is 0.235 e. The Labute approximate surface area is 124 Å². The quantitative estimate of drug-likeness (QED) is 0.815. The molecule has 2 aromatic rings. The molecule has 0 saturated heterocycles. The first kappa shape index (κ1) is 12.5. The molecule has 2 aliphatic rings. The lowest BCUT2D eigenvalue weighted by atomic mass is 9.76. The van der Waals surface area contributed by atoms with Crippen molar-refractivity contribution >= 4 is 17.3 Å². The van der Waals surface area contributed by atoms with Crippen molar-refractivity contribution in [3.05, 3.63) is 59.2 Å². The lowest BCUT2D eigenvalue weighted by Gasteiger charge is -2.34. The summed E-state index contributed by atoms with van der Waals surface area (Å²) < 4.78 is 0. The maximum absolute atomic E-state index is 12.9. The number of carbonyl (C=O) groups excluding carboxylic acids is 1. The van der Waals surface area contributed by atoms with Crippen LogP contribution in [-0.4, -0.2) is 11.9 Å². The standard InChI is InChI=1S/C18H18N2O/c1-11-8-13-9-14(19)6-7-17(13)20(11)18(21)16-10-12-4-2-3-5-15(12)16/h2-7,9,11,16H,8,10,19H2,1H3. The fraction of sp³-hybridized carbons (Fsp3) is 0.278. The van der Waals surface area contributed by atoms with Crippen molar-refractivity contribution in [2.75, 3.05) is 10.6 Å². The number of nitrogens with zero attached hydrogens (tertiary/aromatic N) is 1. The summed E-state index contributed by atoms with van der Waals surface area (Å²) >= 11 is 0. The average molecular weight is 278 g/mol. The minimum atomic E-state index is 0.0205. The lowest BCUT2D eigenvalue weighted by molar-refractivity contribution is -0.120. The second-order valence-corrected chi connectivity index (χ2v) is 6.11. The van der Waals surface area contributed by atoms with E-state index in [2.05, 4.69) is 19.1 Å². The van der Waals surface area contributed by atoms with Crippen LogP contribution in [0.5, 0.6) is 0 Å². The fourth-order valence-electron chi connectivity index (χ4n) is 3.63. The average Bonchev–Trinajstić information content (AvgIpc) is 2.75. The third-order valence-corrected chi connectivity index (χ3v) is 4.71. The maximum Gasteiger partial charge on any atom is 0.235 e. The lowest BCUT2D eigenvalue weighted by Crippen LogP contribution is -2.42. The van der Waals surface area contributed by atoms with Crippen molar-refractivity contribution in [1.82, 2.24) is 0 Å². The van der Waals surface area contributed by atoms with Gasteiger partial charge in [0.05, 0.1) is 5.92 Å². The molecule has 2 atom stereocenters. The number of anilines is 2. The Morgan fingerprint density at radius 1 is 1.14 bits per heavy atom. The molecule has 106 valence electrons. The van der Waals surface area contributed by atoms with Crippen LogP contribution in [0, 0.1) is 0 Å². The summed E-state index contributed by atoms with van der Waals surface area (Å²) in [5, 5.41) is 0. The normalized spacial score (nSPS) is 22.4. The highest BCUT2D eigenvalue weighted by atomic mass is 16.2. The molecular weight excluding hydrogens is 260 g/mol. The second-order valence-electron chi connectivity index (χ2n) is 6.11. The monoisotopic (exact) mass is 278 g/mol. The molecule has 0 fully saturated rings. The molecular formula is C18H18N2O. The van der Waals surface area contributed by atoms with Gasteiger partial charge in [0.15, 0.2) is 0 Å². The summed E-state index contributed by atoms with van der Waals surface area (Å²) in [6.07, 6.45) is 1.75. The van der Waals surface area contributed by atoms with Gasteiger partial charge in [-0.3, -0.25) is 4.79 Å². The largest absolute Gasteiger partial charge is 0.399 e. The molecule has 21 heavy (non-hydrogen) atoms. The number of hydrogen-bond donors (Lipinski definition) is 1. The molecule has 3 heteroatoms. The van der Waals surface area contributed by atoms with E-state index >= 15 is 0 Å². The van der Waals surface area contributed by atoms with Crippen molar-refractivity contribution in [3.8, 4) is 0 Å². The van der Waals surface area contributed by atoms with Crippen LogP contribution in [0.15, 0.2) is 42.5 Å². The topological polar surface area (TPSA) is 46.3 Å². The number of nitrogen functional groups attached to an aromatic ring is 1. The first-order chi connectivity index (χ1) is 10.1. The van der Waals surface area contributed by atoms with Gasteiger partial charge in [-0.1, -0.05) is 24.3 Å². The minimum absolute atomic E-state index is 0.0205. The van der Waals surface area contributed by atoms with E-state index in [4.69, 9.17) is 5.73 Å². The zero-order valence-electron chi connectivity index (χ0n) is 12.0. The predicted octanol–water partition coefficient (Wildman–Crippen LogP) is 2.89. The van der Waals surface area contributed by atoms with Crippen LogP contribution in [0.25, 0.3) is 0 Å². The molecule has 2 unspecified atom stereocenters. The van der Waals surface area contributed by atoms with Crippen molar-refractivity contribution < 1.29 is 4.79 Å². The highest BCUT2D eigenvalue weighted by molar-refractivity contribution is 6.02. The van der Waals surface area contributed by atoms with E-state index in [1.54, 1.807) is 0 Å². The van der Waals surface area contributed by atoms with Gasteiger partial charge in [-0.25, -0.2) is 0 Å². The first-order valence-corrected chi connectivity index (χ1v) is 7.44. The van der Waals surface area contributed by atoms with Crippen LogP contribution in [0.4, 0.5) is 11.4 Å². The van der Waals surface area contributed by atoms with E-state index in [0.717, 1.165) is 24.2 Å². The van der Waals surface area contributed by atoms with Gasteiger partial charge in [0, 0.05) is 17.4 Å². The van der Waals surface area contributed by atoms with Gasteiger partial charge in [0.1, 0.15) is 0 Å². The molecule has 3 nitrogen and oxygen atoms in total. The van der Waals surface area contributed by atoms with Crippen molar-refractivity contribution in [3.63, 3.8) is 0 Å². The third-order valence-electron chi connectivity index (χ3n) is 4.71. The number of hydrogen-bond acceptors (Lipinski definition) is 2. The highest BCUT2D eigenvalue weighted by Crippen LogP contribution is 2.41. The van der Waals surface area contributed by atoms with Crippen molar-refractivity contribution in [2.45, 2.75) is 31.7 Å². The molecule has 0 aromatic heterocycles. The molecule has 2 N–H and O–H groups in total. The summed E-state index contributed by atoms with van der Waals surface area (Å²) in [4.78, 5) is 14.9. The van der Waals surface area contributed by atoms with Gasteiger partial charge in [-0.2, -0.15) is 0 Å². The van der Waals surface area contributed by atoms with E-state index in [0.29, 0.717) is 0 Å². The Morgan fingerprint density at radius 3 is 2.76 bits per heavy atom. The van der Waals surface area contributed by atoms with E-state index in [9.17, 15) is 4.79 Å². The number of nitrogens with two attached hydrogens (primary N) is 1. The Kier molecular flexibility index (Phi) is 2.58. The van der Waals surface area contributed by atoms with Crippen molar-refractivity contribution in [2.24, 2.45) is 0 Å². The van der Waals surface area contributed by atoms with E-state index in [-0.39, 0.29) is 17.9 Å². The molecule has 1 aliphatic heterocycles. The highest BCUT2D eigenvalue weighted by Gasteiger charge is 2.39. The van der Waals surface area contributed by atoms with Gasteiger partial charge in [0.25, 0.3) is 0 Å². The third kappa shape index (κ3) is 1.77. The van der Waals surface area contributed by atoms with E-state index in [1.807, 2.05) is 35.2 Å². The number of fused-ring (bicyclic) bond motifs is 2. The molecule has 1 heterocycles. The van der Waals surface area contributed by atoms with Crippen LogP contribution in [0.1, 0.15) is 29.5 Å². The first-order valence-electron chi connectivity index (χ1n) is 7.44. The summed E-state index contributed by atoms with van der Waals surface area (Å²) in [5.74, 6) is 0.247. The summed E-state index contributed by atoms with van der Waals surface area (Å²) in [5.41, 5.74) is 11.3. The van der Waals surface area contributed by atoms with Crippen LogP contribution < -0.4 is 10.6 Å². The van der Waals surface area contributed by atoms with Gasteiger partial charge in [0.2, 0.25) is 5.91 Å². The zero-order chi connectivity index (χ0) is 14.6. The SMILES string of the molecule is CC1Cc2cc(N)ccc2N1C(=O)C1Cc2ccccc21. The molecule has 0 saturated carbocycles. The van der Waals surface area contributed by atoms with Gasteiger partial charge >= 0.3 is 0 Å². The fourth-order valence-corrected chi connectivity index (χ4v) is 3.63. The molecule has 4 rings (SSSR count). The van der Waals surface area contributed by atoms with Crippen molar-refractivity contribution in [1.29, 1.82) is 0 Å². The van der Waals surface area contributed by atoms with Gasteiger partial charge in [-0.05, 0) is 54.7 Å². The molecule has 1 aliphatic carbocycles. The zero-order valence-corrected chi connectivity index (χ0v) is 12.0. The van der Waals surface area contributed by atoms with Crippen LogP contribution in [0.3, 0.4) is 0 Å². The number of carbonyl (C=O) groups is 1. The Hall–Kier alpha value is -2.29. The van der Waals surface area contributed by atoms with Crippen LogP contribution in [-0.2, 0) is 17.6 Å². The minimum Gasteiger partial charge on any atom is -0.399 e. The Morgan fingerprint density at radius 2 is 1.95 bits per heavy atom. The van der Waals surface area contributed by atoms with Gasteiger partial charge < -0.3 is 10.6 Å². The summed E-state index contributed by atoms with van der Waals surface area (Å²) in [6, 6.07) is 14.3. The molecule has 1 amide bonds. The Balaban J connectivity index is 1.68. The number of amides is 1. The number of benzene rings is 2. The van der Waals surface area contributed by atoms with E-state index < -0.39 is 0 Å². The second kappa shape index (κ2) is 4.35. The molecule has 0 spiro atoms. The summed E-state index contributed by atoms with van der Waals surface area (Å²) in [6.45, 7) is 2.11. The summed E-state index contributed by atoms with van der Waals surface area (Å²) in [7, 11) is 0. The van der Waals surface area contributed by atoms with E-state index in [1.165, 1.54) is 16.7 Å². The molecule has 0 radical (unpaired) electrons. The van der Waals surface area contributed by atoms with Gasteiger partial charge in [-0.15, -0.1) is 0 Å². The Bertz CT molecular complexity index is 738. The number of rotatable bonds is 1. The predicted molar refractivity (Wildman–Crippen MR) is 84.4 cm³/mol. The molecule has 0 bridgehead atoms. The molecule has 2 aromatic carbocycles. The van der Waals surface area contributed by atoms with Crippen LogP contribution >= 0.6 is 0 Å².